The van der Waals surface area contributed by atoms with Gasteiger partial charge in [0.1, 0.15) is 17.5 Å². The van der Waals surface area contributed by atoms with E-state index in [1.165, 1.54) is 0 Å². The summed E-state index contributed by atoms with van der Waals surface area (Å²) in [5, 5.41) is 13.0. The van der Waals surface area contributed by atoms with E-state index in [1.807, 2.05) is 24.3 Å². The van der Waals surface area contributed by atoms with Crippen LogP contribution < -0.4 is 10.1 Å². The fourth-order valence-corrected chi connectivity index (χ4v) is 2.46. The van der Waals surface area contributed by atoms with Crippen molar-refractivity contribution < 1.29 is 9.47 Å². The lowest BCUT2D eigenvalue weighted by Gasteiger charge is -2.08. The van der Waals surface area contributed by atoms with E-state index < -0.39 is 0 Å². The predicted octanol–water partition coefficient (Wildman–Crippen LogP) is 3.01. The average molecular weight is 334 g/mol. The lowest BCUT2D eigenvalue weighted by atomic mass is 10.3. The van der Waals surface area contributed by atoms with Gasteiger partial charge in [-0.1, -0.05) is 19.9 Å². The monoisotopic (exact) mass is 334 g/mol. The number of methoxy groups -OCH3 is 1. The first kappa shape index (κ1) is 17.5. The molecule has 0 radical (unpaired) electrons. The maximum Gasteiger partial charge on any atom is 0.213 e. The molecule has 0 fully saturated rings. The van der Waals surface area contributed by atoms with Gasteiger partial charge in [0.25, 0.3) is 0 Å². The van der Waals surface area contributed by atoms with Gasteiger partial charge in [0.15, 0.2) is 0 Å². The fraction of sp³-hybridized carbons (Fsp3) is 0.438. The third-order valence-corrected chi connectivity index (χ3v) is 3.74. The smallest absolute Gasteiger partial charge is 0.213 e. The van der Waals surface area contributed by atoms with E-state index in [2.05, 4.69) is 34.3 Å². The van der Waals surface area contributed by atoms with Gasteiger partial charge >= 0.3 is 0 Å². The highest BCUT2D eigenvalue weighted by Crippen LogP contribution is 2.20. The molecule has 0 saturated heterocycles. The quantitative estimate of drug-likeness (QED) is 0.558. The van der Waals surface area contributed by atoms with Crippen LogP contribution in [0.15, 0.2) is 35.5 Å². The van der Waals surface area contributed by atoms with Gasteiger partial charge < -0.3 is 14.8 Å². The van der Waals surface area contributed by atoms with Crippen LogP contribution >= 0.6 is 11.8 Å². The molecule has 0 spiro atoms. The number of nitrogens with zero attached hydrogens (tertiary/aromatic N) is 3. The molecular formula is C16H22N4O2S. The zero-order valence-electron chi connectivity index (χ0n) is 13.7. The van der Waals surface area contributed by atoms with Crippen molar-refractivity contribution in [2.45, 2.75) is 30.7 Å². The first-order chi connectivity index (χ1) is 11.2. The number of rotatable bonds is 9. The summed E-state index contributed by atoms with van der Waals surface area (Å²) in [7, 11) is 1.64. The molecule has 1 N–H and O–H groups in total. The number of hydrogen-bond acceptors (Lipinski definition) is 7. The second kappa shape index (κ2) is 9.32. The molecule has 124 valence electrons. The maximum atomic E-state index is 5.43. The average Bonchev–Trinajstić information content (AvgIpc) is 2.55. The highest BCUT2D eigenvalue weighted by molar-refractivity contribution is 7.99. The third kappa shape index (κ3) is 6.42. The van der Waals surface area contributed by atoms with Crippen molar-refractivity contribution in [3.63, 3.8) is 0 Å². The van der Waals surface area contributed by atoms with Crippen molar-refractivity contribution in [3.8, 4) is 5.88 Å². The lowest BCUT2D eigenvalue weighted by Crippen LogP contribution is -2.06. The first-order valence-corrected chi connectivity index (χ1v) is 8.36. The molecule has 2 aromatic rings. The van der Waals surface area contributed by atoms with Gasteiger partial charge in [-0.05, 0) is 17.7 Å². The molecule has 7 heteroatoms. The molecule has 0 bridgehead atoms. The van der Waals surface area contributed by atoms with Crippen molar-refractivity contribution in [3.05, 3.63) is 36.0 Å². The van der Waals surface area contributed by atoms with E-state index in [0.717, 1.165) is 16.4 Å². The molecule has 6 nitrogen and oxygen atoms in total. The van der Waals surface area contributed by atoms with Crippen LogP contribution in [0.3, 0.4) is 0 Å². The topological polar surface area (TPSA) is 69.2 Å². The number of nitrogens with one attached hydrogen (secondary N) is 1. The Morgan fingerprint density at radius 2 is 2.00 bits per heavy atom. The van der Waals surface area contributed by atoms with Crippen molar-refractivity contribution in [1.29, 1.82) is 0 Å². The molecular weight excluding hydrogens is 312 g/mol. The molecule has 0 amide bonds. The van der Waals surface area contributed by atoms with Gasteiger partial charge in [-0.3, -0.25) is 0 Å². The van der Waals surface area contributed by atoms with Crippen LogP contribution in [0.4, 0.5) is 5.82 Å². The molecule has 2 aromatic heterocycles. The van der Waals surface area contributed by atoms with E-state index >= 15 is 0 Å². The van der Waals surface area contributed by atoms with E-state index in [4.69, 9.17) is 9.47 Å². The first-order valence-electron chi connectivity index (χ1n) is 7.48. The number of pyridine rings is 1. The van der Waals surface area contributed by atoms with E-state index in [9.17, 15) is 0 Å². The Labute approximate surface area is 141 Å². The summed E-state index contributed by atoms with van der Waals surface area (Å²) in [6.45, 7) is 5.95. The van der Waals surface area contributed by atoms with E-state index in [0.29, 0.717) is 30.9 Å². The summed E-state index contributed by atoms with van der Waals surface area (Å²) in [5.41, 5.74) is 1.05. The summed E-state index contributed by atoms with van der Waals surface area (Å²) in [6, 6.07) is 7.73. The number of ether oxygens (including phenoxy) is 2. The molecule has 0 saturated carbocycles. The second-order valence-electron chi connectivity index (χ2n) is 5.12. The van der Waals surface area contributed by atoms with Crippen LogP contribution in [0.5, 0.6) is 5.88 Å². The van der Waals surface area contributed by atoms with Gasteiger partial charge in [0.05, 0.1) is 6.61 Å². The molecule has 23 heavy (non-hydrogen) atoms. The van der Waals surface area contributed by atoms with Crippen LogP contribution in [0.1, 0.15) is 19.4 Å². The highest BCUT2D eigenvalue weighted by Gasteiger charge is 2.02. The van der Waals surface area contributed by atoms with Crippen molar-refractivity contribution in [2.24, 2.45) is 0 Å². The summed E-state index contributed by atoms with van der Waals surface area (Å²) in [4.78, 5) is 4.25. The van der Waals surface area contributed by atoms with E-state index in [1.54, 1.807) is 25.1 Å². The summed E-state index contributed by atoms with van der Waals surface area (Å²) < 4.78 is 10.4. The molecule has 2 heterocycles. The van der Waals surface area contributed by atoms with Crippen molar-refractivity contribution in [1.82, 2.24) is 15.2 Å². The molecule has 0 aromatic carbocycles. The molecule has 0 aliphatic rings. The second-order valence-corrected chi connectivity index (χ2v) is 6.72. The minimum atomic E-state index is 0.497. The Kier molecular flexibility index (Phi) is 7.09. The molecule has 0 aliphatic heterocycles. The zero-order valence-corrected chi connectivity index (χ0v) is 14.5. The lowest BCUT2D eigenvalue weighted by molar-refractivity contribution is 0.143. The van der Waals surface area contributed by atoms with Crippen LogP contribution in [-0.4, -0.2) is 40.8 Å². The highest BCUT2D eigenvalue weighted by atomic mass is 32.2. The van der Waals surface area contributed by atoms with Gasteiger partial charge in [-0.2, -0.15) is 0 Å². The number of thioether (sulfide) groups is 1. The summed E-state index contributed by atoms with van der Waals surface area (Å²) in [6.07, 6.45) is 1.78. The number of anilines is 1. The van der Waals surface area contributed by atoms with Crippen LogP contribution in [-0.2, 0) is 11.3 Å². The Bertz CT molecular complexity index is 576. The Morgan fingerprint density at radius 3 is 2.61 bits per heavy atom. The normalized spacial score (nSPS) is 10.8. The maximum absolute atomic E-state index is 5.43. The minimum Gasteiger partial charge on any atom is -0.475 e. The van der Waals surface area contributed by atoms with Crippen molar-refractivity contribution >= 4 is 17.6 Å². The molecule has 0 unspecified atom stereocenters. The summed E-state index contributed by atoms with van der Waals surface area (Å²) in [5.74, 6) is 1.35. The van der Waals surface area contributed by atoms with Gasteiger partial charge in [-0.25, -0.2) is 4.98 Å². The van der Waals surface area contributed by atoms with Gasteiger partial charge in [-0.15, -0.1) is 22.0 Å². The van der Waals surface area contributed by atoms with Gasteiger partial charge in [0.2, 0.25) is 5.88 Å². The standard InChI is InChI=1S/C16H22N4O2S/c1-12(2)23-16-7-5-14(19-20-16)17-10-13-4-6-15(18-11-13)22-9-8-21-3/h4-7,11-12H,8-10H2,1-3H3,(H,17,19). The van der Waals surface area contributed by atoms with Crippen molar-refractivity contribution in [2.75, 3.05) is 25.6 Å². The number of aromatic nitrogens is 3. The zero-order chi connectivity index (χ0) is 16.5. The molecule has 2 rings (SSSR count). The predicted molar refractivity (Wildman–Crippen MR) is 92.0 cm³/mol. The molecule has 0 aliphatic carbocycles. The van der Waals surface area contributed by atoms with Crippen LogP contribution in [0.2, 0.25) is 0 Å². The Morgan fingerprint density at radius 1 is 1.13 bits per heavy atom. The van der Waals surface area contributed by atoms with Gasteiger partial charge in [0, 0.05) is 31.2 Å². The number of hydrogen-bond donors (Lipinski definition) is 1. The third-order valence-electron chi connectivity index (χ3n) is 2.81. The summed E-state index contributed by atoms with van der Waals surface area (Å²) >= 11 is 1.70. The Hall–Kier alpha value is -1.86. The van der Waals surface area contributed by atoms with Crippen LogP contribution in [0, 0.1) is 0 Å². The SMILES string of the molecule is COCCOc1ccc(CNc2ccc(SC(C)C)nn2)cn1. The van der Waals surface area contributed by atoms with E-state index in [-0.39, 0.29) is 0 Å². The fourth-order valence-electron chi connectivity index (χ4n) is 1.74. The Balaban J connectivity index is 1.81. The minimum absolute atomic E-state index is 0.497. The molecule has 0 atom stereocenters. The van der Waals surface area contributed by atoms with Crippen LogP contribution in [0.25, 0.3) is 0 Å². The largest absolute Gasteiger partial charge is 0.475 e.